The van der Waals surface area contributed by atoms with Gasteiger partial charge in [-0.1, -0.05) is 29.8 Å². The highest BCUT2D eigenvalue weighted by Crippen LogP contribution is 2.17. The Morgan fingerprint density at radius 2 is 1.89 bits per heavy atom. The lowest BCUT2D eigenvalue weighted by molar-refractivity contribution is -0.120. The smallest absolute Gasteiger partial charge is 0.234 e. The highest BCUT2D eigenvalue weighted by molar-refractivity contribution is 5.77. The van der Waals surface area contributed by atoms with E-state index in [4.69, 9.17) is 0 Å². The van der Waals surface area contributed by atoms with Gasteiger partial charge >= 0.3 is 0 Å². The number of rotatable bonds is 6. The SMILES string of the molecule is CNCC(=O)NCC(c1ccc(C)cc1)N(C)C. The average molecular weight is 249 g/mol. The van der Waals surface area contributed by atoms with Gasteiger partial charge in [-0.2, -0.15) is 0 Å². The van der Waals surface area contributed by atoms with Crippen molar-refractivity contribution in [3.05, 3.63) is 35.4 Å². The Balaban J connectivity index is 2.65. The summed E-state index contributed by atoms with van der Waals surface area (Å²) in [6, 6.07) is 8.63. The first-order valence-electron chi connectivity index (χ1n) is 6.19. The number of nitrogens with zero attached hydrogens (tertiary/aromatic N) is 1. The van der Waals surface area contributed by atoms with Crippen LogP contribution < -0.4 is 10.6 Å². The lowest BCUT2D eigenvalue weighted by atomic mass is 10.0. The molecular formula is C14H23N3O. The lowest BCUT2D eigenvalue weighted by Crippen LogP contribution is -2.38. The highest BCUT2D eigenvalue weighted by Gasteiger charge is 2.14. The second-order valence-electron chi connectivity index (χ2n) is 4.72. The zero-order chi connectivity index (χ0) is 13.5. The number of amides is 1. The fourth-order valence-corrected chi connectivity index (χ4v) is 1.82. The summed E-state index contributed by atoms with van der Waals surface area (Å²) in [5.41, 5.74) is 2.46. The molecule has 0 spiro atoms. The first-order valence-corrected chi connectivity index (χ1v) is 6.19. The number of carbonyl (C=O) groups is 1. The summed E-state index contributed by atoms with van der Waals surface area (Å²) in [5.74, 6) is 0.0245. The normalized spacial score (nSPS) is 12.5. The molecule has 1 atom stereocenters. The molecule has 1 amide bonds. The van der Waals surface area contributed by atoms with Gasteiger partial charge in [-0.3, -0.25) is 4.79 Å². The molecule has 0 fully saturated rings. The molecule has 0 aliphatic carbocycles. The van der Waals surface area contributed by atoms with Gasteiger partial charge in [-0.15, -0.1) is 0 Å². The summed E-state index contributed by atoms with van der Waals surface area (Å²) in [7, 11) is 5.81. The van der Waals surface area contributed by atoms with Gasteiger partial charge in [0.25, 0.3) is 0 Å². The zero-order valence-corrected chi connectivity index (χ0v) is 11.7. The van der Waals surface area contributed by atoms with Crippen molar-refractivity contribution >= 4 is 5.91 Å². The van der Waals surface area contributed by atoms with E-state index in [-0.39, 0.29) is 11.9 Å². The topological polar surface area (TPSA) is 44.4 Å². The molecular weight excluding hydrogens is 226 g/mol. The van der Waals surface area contributed by atoms with Crippen molar-refractivity contribution in [2.75, 3.05) is 34.2 Å². The van der Waals surface area contributed by atoms with Crippen LogP contribution in [0.3, 0.4) is 0 Å². The Morgan fingerprint density at radius 3 is 2.39 bits per heavy atom. The minimum atomic E-state index is 0.0245. The third kappa shape index (κ3) is 4.47. The molecule has 4 nitrogen and oxygen atoms in total. The number of carbonyl (C=O) groups excluding carboxylic acids is 1. The number of benzene rings is 1. The van der Waals surface area contributed by atoms with E-state index in [1.54, 1.807) is 7.05 Å². The van der Waals surface area contributed by atoms with Gasteiger partial charge < -0.3 is 15.5 Å². The van der Waals surface area contributed by atoms with Gasteiger partial charge in [0.2, 0.25) is 5.91 Å². The van der Waals surface area contributed by atoms with E-state index in [1.807, 2.05) is 14.1 Å². The van der Waals surface area contributed by atoms with Crippen LogP contribution in [0.2, 0.25) is 0 Å². The summed E-state index contributed by atoms with van der Waals surface area (Å²) < 4.78 is 0. The van der Waals surface area contributed by atoms with Crippen LogP contribution in [-0.2, 0) is 4.79 Å². The Bertz CT molecular complexity index is 373. The molecule has 2 N–H and O–H groups in total. The molecule has 0 aromatic heterocycles. The number of aryl methyl sites for hydroxylation is 1. The summed E-state index contributed by atoms with van der Waals surface area (Å²) >= 11 is 0. The summed E-state index contributed by atoms with van der Waals surface area (Å²) in [6.07, 6.45) is 0. The molecule has 1 unspecified atom stereocenters. The van der Waals surface area contributed by atoms with Crippen LogP contribution in [-0.4, -0.2) is 45.0 Å². The second-order valence-corrected chi connectivity index (χ2v) is 4.72. The minimum Gasteiger partial charge on any atom is -0.353 e. The van der Waals surface area contributed by atoms with Gasteiger partial charge in [-0.05, 0) is 33.6 Å². The number of hydrogen-bond donors (Lipinski definition) is 2. The predicted octanol–water partition coefficient (Wildman–Crippen LogP) is 0.933. The van der Waals surface area contributed by atoms with E-state index < -0.39 is 0 Å². The summed E-state index contributed by atoms with van der Waals surface area (Å²) in [5, 5.41) is 5.78. The van der Waals surface area contributed by atoms with Crippen molar-refractivity contribution in [2.24, 2.45) is 0 Å². The van der Waals surface area contributed by atoms with Gasteiger partial charge in [0.1, 0.15) is 0 Å². The van der Waals surface area contributed by atoms with Gasteiger partial charge in [-0.25, -0.2) is 0 Å². The van der Waals surface area contributed by atoms with Gasteiger partial charge in [0, 0.05) is 6.54 Å². The molecule has 18 heavy (non-hydrogen) atoms. The minimum absolute atomic E-state index is 0.0245. The van der Waals surface area contributed by atoms with Crippen molar-refractivity contribution < 1.29 is 4.79 Å². The average Bonchev–Trinajstić information content (AvgIpc) is 2.31. The van der Waals surface area contributed by atoms with E-state index in [0.717, 1.165) is 0 Å². The quantitative estimate of drug-likeness (QED) is 0.788. The van der Waals surface area contributed by atoms with Crippen molar-refractivity contribution in [2.45, 2.75) is 13.0 Å². The van der Waals surface area contributed by atoms with E-state index in [1.165, 1.54) is 11.1 Å². The van der Waals surface area contributed by atoms with Crippen molar-refractivity contribution in [3.8, 4) is 0 Å². The summed E-state index contributed by atoms with van der Waals surface area (Å²) in [4.78, 5) is 13.6. The van der Waals surface area contributed by atoms with Gasteiger partial charge in [0.15, 0.2) is 0 Å². The molecule has 0 aliphatic rings. The van der Waals surface area contributed by atoms with Crippen molar-refractivity contribution in [3.63, 3.8) is 0 Å². The Kier molecular flexibility index (Phi) is 5.82. The lowest BCUT2D eigenvalue weighted by Gasteiger charge is -2.25. The van der Waals surface area contributed by atoms with Crippen LogP contribution in [0.5, 0.6) is 0 Å². The van der Waals surface area contributed by atoms with Gasteiger partial charge in [0.05, 0.1) is 12.6 Å². The largest absolute Gasteiger partial charge is 0.353 e. The second kappa shape index (κ2) is 7.13. The third-order valence-corrected chi connectivity index (χ3v) is 2.92. The number of likely N-dealkylation sites (N-methyl/N-ethyl adjacent to an activating group) is 2. The molecule has 100 valence electrons. The fraction of sp³-hybridized carbons (Fsp3) is 0.500. The maximum absolute atomic E-state index is 11.5. The predicted molar refractivity (Wildman–Crippen MR) is 74.5 cm³/mol. The van der Waals surface area contributed by atoms with Crippen LogP contribution >= 0.6 is 0 Å². The number of hydrogen-bond acceptors (Lipinski definition) is 3. The van der Waals surface area contributed by atoms with Crippen LogP contribution in [0.25, 0.3) is 0 Å². The van der Waals surface area contributed by atoms with Crippen LogP contribution in [0, 0.1) is 6.92 Å². The van der Waals surface area contributed by atoms with Crippen molar-refractivity contribution in [1.29, 1.82) is 0 Å². The number of nitrogens with one attached hydrogen (secondary N) is 2. The molecule has 0 saturated carbocycles. The van der Waals surface area contributed by atoms with Crippen LogP contribution in [0.1, 0.15) is 17.2 Å². The zero-order valence-electron chi connectivity index (χ0n) is 11.7. The third-order valence-electron chi connectivity index (χ3n) is 2.92. The Hall–Kier alpha value is -1.39. The molecule has 1 aromatic carbocycles. The Morgan fingerprint density at radius 1 is 1.28 bits per heavy atom. The monoisotopic (exact) mass is 249 g/mol. The fourth-order valence-electron chi connectivity index (χ4n) is 1.82. The molecule has 0 saturated heterocycles. The first-order chi connectivity index (χ1) is 8.54. The molecule has 0 bridgehead atoms. The Labute approximate surface area is 109 Å². The van der Waals surface area contributed by atoms with Crippen LogP contribution in [0.15, 0.2) is 24.3 Å². The van der Waals surface area contributed by atoms with E-state index in [2.05, 4.69) is 46.7 Å². The standard InChI is InChI=1S/C14H23N3O/c1-11-5-7-12(8-6-11)13(17(3)4)9-16-14(18)10-15-2/h5-8,13,15H,9-10H2,1-4H3,(H,16,18). The summed E-state index contributed by atoms with van der Waals surface area (Å²) in [6.45, 7) is 3.05. The first kappa shape index (κ1) is 14.7. The van der Waals surface area contributed by atoms with E-state index in [0.29, 0.717) is 13.1 Å². The van der Waals surface area contributed by atoms with Crippen molar-refractivity contribution in [1.82, 2.24) is 15.5 Å². The highest BCUT2D eigenvalue weighted by atomic mass is 16.1. The maximum Gasteiger partial charge on any atom is 0.234 e. The molecule has 4 heteroatoms. The van der Waals surface area contributed by atoms with E-state index in [9.17, 15) is 4.79 Å². The van der Waals surface area contributed by atoms with Crippen LogP contribution in [0.4, 0.5) is 0 Å². The molecule has 0 heterocycles. The maximum atomic E-state index is 11.5. The molecule has 0 aliphatic heterocycles. The molecule has 1 rings (SSSR count). The molecule has 0 radical (unpaired) electrons. The molecule has 1 aromatic rings. The van der Waals surface area contributed by atoms with E-state index >= 15 is 0 Å².